The molecule has 2 heterocycles. The van der Waals surface area contributed by atoms with Crippen LogP contribution in [0, 0.1) is 5.41 Å². The molecular formula is C22H27N5O. The van der Waals surface area contributed by atoms with Gasteiger partial charge in [0.15, 0.2) is 0 Å². The molecule has 1 amide bonds. The first-order valence-electron chi connectivity index (χ1n) is 9.36. The summed E-state index contributed by atoms with van der Waals surface area (Å²) >= 11 is 0. The minimum Gasteiger partial charge on any atom is -0.378 e. The zero-order valence-electron chi connectivity index (χ0n) is 16.4. The maximum atomic E-state index is 12.1. The monoisotopic (exact) mass is 377 g/mol. The summed E-state index contributed by atoms with van der Waals surface area (Å²) in [5, 5.41) is 3.39. The van der Waals surface area contributed by atoms with Crippen molar-refractivity contribution in [2.75, 3.05) is 32.1 Å². The van der Waals surface area contributed by atoms with Crippen LogP contribution in [0.2, 0.25) is 0 Å². The molecule has 0 bridgehead atoms. The summed E-state index contributed by atoms with van der Waals surface area (Å²) in [7, 11) is 3.97. The lowest BCUT2D eigenvalue weighted by Crippen LogP contribution is -2.43. The number of hydrogen-bond donors (Lipinski definition) is 2. The second kappa shape index (κ2) is 8.80. The molecule has 3 rings (SSSR count). The quantitative estimate of drug-likeness (QED) is 0.738. The molecule has 0 fully saturated rings. The smallest absolute Gasteiger partial charge is 0.239 e. The van der Waals surface area contributed by atoms with E-state index in [1.807, 2.05) is 67.7 Å². The molecule has 1 aromatic carbocycles. The Kier molecular flexibility index (Phi) is 6.21. The number of amides is 1. The number of nitrogens with zero attached hydrogens (tertiary/aromatic N) is 3. The number of nitrogens with two attached hydrogens (primary N) is 1. The van der Waals surface area contributed by atoms with Crippen molar-refractivity contribution in [3.8, 4) is 0 Å². The number of allylic oxidation sites excluding steroid dienone is 1. The third kappa shape index (κ3) is 4.84. The van der Waals surface area contributed by atoms with Gasteiger partial charge in [-0.05, 0) is 47.9 Å². The highest BCUT2D eigenvalue weighted by Crippen LogP contribution is 2.28. The van der Waals surface area contributed by atoms with E-state index in [1.165, 1.54) is 5.56 Å². The maximum Gasteiger partial charge on any atom is 0.239 e. The van der Waals surface area contributed by atoms with Gasteiger partial charge in [-0.1, -0.05) is 18.2 Å². The fourth-order valence-corrected chi connectivity index (χ4v) is 3.45. The molecule has 146 valence electrons. The zero-order valence-corrected chi connectivity index (χ0v) is 16.4. The number of carbonyl (C=O) groups is 1. The number of nitrogens with one attached hydrogen (secondary N) is 1. The third-order valence-electron chi connectivity index (χ3n) is 5.04. The van der Waals surface area contributed by atoms with E-state index in [9.17, 15) is 4.79 Å². The van der Waals surface area contributed by atoms with E-state index in [2.05, 4.69) is 21.4 Å². The van der Waals surface area contributed by atoms with Gasteiger partial charge < -0.3 is 16.0 Å². The number of carbonyl (C=O) groups excluding carboxylic acids is 1. The minimum atomic E-state index is -0.551. The summed E-state index contributed by atoms with van der Waals surface area (Å²) in [5.41, 5.74) is 8.62. The molecule has 2 unspecified atom stereocenters. The number of pyridine rings is 1. The van der Waals surface area contributed by atoms with Gasteiger partial charge in [0.05, 0.1) is 0 Å². The molecule has 0 radical (unpaired) electrons. The lowest BCUT2D eigenvalue weighted by molar-refractivity contribution is -0.120. The Balaban J connectivity index is 1.77. The van der Waals surface area contributed by atoms with Crippen LogP contribution in [0.5, 0.6) is 0 Å². The first-order chi connectivity index (χ1) is 13.5. The number of dihydropyridines is 1. The first kappa shape index (κ1) is 19.8. The van der Waals surface area contributed by atoms with Crippen LogP contribution in [-0.4, -0.2) is 44.3 Å². The van der Waals surface area contributed by atoms with Crippen LogP contribution in [0.3, 0.4) is 0 Å². The predicted octanol–water partition coefficient (Wildman–Crippen LogP) is 2.13. The van der Waals surface area contributed by atoms with Crippen LogP contribution in [0.25, 0.3) is 0 Å². The van der Waals surface area contributed by atoms with Crippen molar-refractivity contribution in [2.24, 2.45) is 16.1 Å². The molecule has 1 aromatic heterocycles. The average Bonchev–Trinajstić information content (AvgIpc) is 2.70. The molecule has 6 heteroatoms. The fraction of sp³-hybridized carbons (Fsp3) is 0.318. The summed E-state index contributed by atoms with van der Waals surface area (Å²) in [5.74, 6) is -0.389. The number of hydrogen-bond acceptors (Lipinski definition) is 5. The van der Waals surface area contributed by atoms with Gasteiger partial charge in [-0.15, -0.1) is 0 Å². The molecule has 2 atom stereocenters. The number of benzene rings is 1. The molecule has 1 aliphatic rings. The normalized spacial score (nSPS) is 19.4. The largest absolute Gasteiger partial charge is 0.378 e. The molecule has 0 saturated carbocycles. The van der Waals surface area contributed by atoms with Gasteiger partial charge in [-0.25, -0.2) is 0 Å². The van der Waals surface area contributed by atoms with Crippen molar-refractivity contribution in [3.63, 3.8) is 0 Å². The van der Waals surface area contributed by atoms with Crippen molar-refractivity contribution >= 4 is 17.8 Å². The van der Waals surface area contributed by atoms with Crippen molar-refractivity contribution in [2.45, 2.75) is 12.5 Å². The Morgan fingerprint density at radius 3 is 2.50 bits per heavy atom. The molecule has 6 nitrogen and oxygen atoms in total. The predicted molar refractivity (Wildman–Crippen MR) is 114 cm³/mol. The number of anilines is 1. The Morgan fingerprint density at radius 2 is 1.93 bits per heavy atom. The Bertz CT molecular complexity index is 845. The summed E-state index contributed by atoms with van der Waals surface area (Å²) in [6.45, 7) is 1.25. The van der Waals surface area contributed by atoms with Crippen molar-refractivity contribution in [1.29, 1.82) is 0 Å². The van der Waals surface area contributed by atoms with Crippen LogP contribution in [0.4, 0.5) is 5.69 Å². The van der Waals surface area contributed by atoms with Crippen molar-refractivity contribution in [3.05, 3.63) is 72.1 Å². The van der Waals surface area contributed by atoms with Crippen LogP contribution in [-0.2, 0) is 11.2 Å². The summed E-state index contributed by atoms with van der Waals surface area (Å²) in [4.78, 5) is 22.7. The number of primary amides is 1. The summed E-state index contributed by atoms with van der Waals surface area (Å²) in [6.07, 6.45) is 10.4. The van der Waals surface area contributed by atoms with Crippen molar-refractivity contribution in [1.82, 2.24) is 10.3 Å². The van der Waals surface area contributed by atoms with E-state index in [1.54, 1.807) is 12.4 Å². The van der Waals surface area contributed by atoms with Crippen LogP contribution in [0.1, 0.15) is 17.2 Å². The Morgan fingerprint density at radius 1 is 1.21 bits per heavy atom. The molecular weight excluding hydrogens is 350 g/mol. The van der Waals surface area contributed by atoms with E-state index in [4.69, 9.17) is 5.73 Å². The molecule has 28 heavy (non-hydrogen) atoms. The third-order valence-corrected chi connectivity index (χ3v) is 5.04. The van der Waals surface area contributed by atoms with Crippen molar-refractivity contribution < 1.29 is 4.79 Å². The highest BCUT2D eigenvalue weighted by atomic mass is 16.1. The van der Waals surface area contributed by atoms with Crippen LogP contribution < -0.4 is 16.0 Å². The van der Waals surface area contributed by atoms with Gasteiger partial charge in [0.2, 0.25) is 5.91 Å². The van der Waals surface area contributed by atoms with E-state index >= 15 is 0 Å². The summed E-state index contributed by atoms with van der Waals surface area (Å²) < 4.78 is 0. The molecule has 0 spiro atoms. The molecule has 0 saturated heterocycles. The standard InChI is InChI=1S/C22H27N5O/c1-27(2)19-6-4-18(5-7-19)20(21(23)28)26-16-22(10-3-11-25-15-22)14-17-8-12-24-13-9-17/h3-13,20,26H,14-16H2,1-2H3,(H2,23,28). The van der Waals surface area contributed by atoms with Gasteiger partial charge in [0.25, 0.3) is 0 Å². The van der Waals surface area contributed by atoms with Crippen LogP contribution >= 0.6 is 0 Å². The number of aliphatic imine (C=N–C) groups is 1. The van der Waals surface area contributed by atoms with E-state index < -0.39 is 6.04 Å². The Labute approximate surface area is 166 Å². The SMILES string of the molecule is CN(C)c1ccc(C(NCC2(Cc3ccncc3)C=CC=NC2)C(N)=O)cc1. The molecule has 0 aliphatic carbocycles. The Hall–Kier alpha value is -2.99. The van der Waals surface area contributed by atoms with E-state index in [0.29, 0.717) is 13.1 Å². The minimum absolute atomic E-state index is 0.215. The highest BCUT2D eigenvalue weighted by Gasteiger charge is 2.30. The maximum absolute atomic E-state index is 12.1. The van der Waals surface area contributed by atoms with Gasteiger partial charge in [-0.3, -0.25) is 14.8 Å². The van der Waals surface area contributed by atoms with Gasteiger partial charge in [0.1, 0.15) is 6.04 Å². The first-order valence-corrected chi connectivity index (χ1v) is 9.36. The van der Waals surface area contributed by atoms with Crippen LogP contribution in [0.15, 0.2) is 65.9 Å². The zero-order chi connectivity index (χ0) is 20.0. The highest BCUT2D eigenvalue weighted by molar-refractivity contribution is 5.81. The molecule has 3 N–H and O–H groups in total. The molecule has 1 aliphatic heterocycles. The topological polar surface area (TPSA) is 83.6 Å². The second-order valence-electron chi connectivity index (χ2n) is 7.45. The lowest BCUT2D eigenvalue weighted by atomic mass is 9.80. The van der Waals surface area contributed by atoms with Gasteiger partial charge in [-0.2, -0.15) is 0 Å². The van der Waals surface area contributed by atoms with Gasteiger partial charge >= 0.3 is 0 Å². The average molecular weight is 377 g/mol. The molecule has 2 aromatic rings. The second-order valence-corrected chi connectivity index (χ2v) is 7.45. The van der Waals surface area contributed by atoms with E-state index in [0.717, 1.165) is 17.7 Å². The summed E-state index contributed by atoms with van der Waals surface area (Å²) in [6, 6.07) is 11.3. The lowest BCUT2D eigenvalue weighted by Gasteiger charge is -2.33. The van der Waals surface area contributed by atoms with Gasteiger partial charge in [0, 0.05) is 56.9 Å². The number of rotatable bonds is 8. The number of aromatic nitrogens is 1. The van der Waals surface area contributed by atoms with E-state index in [-0.39, 0.29) is 11.3 Å². The fourth-order valence-electron chi connectivity index (χ4n) is 3.45.